The number of rotatable bonds is 6. The maximum atomic E-state index is 13.5. The van der Waals surface area contributed by atoms with Crippen molar-refractivity contribution in [2.24, 2.45) is 5.41 Å². The van der Waals surface area contributed by atoms with Crippen LogP contribution in [0.2, 0.25) is 0 Å². The van der Waals surface area contributed by atoms with Crippen molar-refractivity contribution in [1.82, 2.24) is 0 Å². The zero-order valence-electron chi connectivity index (χ0n) is 16.8. The van der Waals surface area contributed by atoms with E-state index in [2.05, 4.69) is 37.8 Å². The van der Waals surface area contributed by atoms with E-state index in [1.165, 1.54) is 29.8 Å². The Hall–Kier alpha value is -1.68. The van der Waals surface area contributed by atoms with Crippen LogP contribution in [0, 0.1) is 18.2 Å². The Labute approximate surface area is 167 Å². The molecule has 146 valence electrons. The molecule has 0 aliphatic carbocycles. The first kappa shape index (κ1) is 20.1. The molecule has 1 unspecified atom stereocenters. The van der Waals surface area contributed by atoms with Crippen LogP contribution >= 0.6 is 11.8 Å². The molecule has 27 heavy (non-hydrogen) atoms. The van der Waals surface area contributed by atoms with Crippen molar-refractivity contribution in [1.29, 1.82) is 0 Å². The van der Waals surface area contributed by atoms with E-state index in [1.807, 2.05) is 23.9 Å². The predicted molar refractivity (Wildman–Crippen MR) is 114 cm³/mol. The standard InChI is InChI=1S/C23H30FNOS/c1-5-7-12-23(6-2)15-25(19-10-8-18(24)9-11-19)20-13-17(3)21(26-4)14-22(20)27-16-23/h8-11,13-14H,5-7,12,15-16H2,1-4H3. The summed E-state index contributed by atoms with van der Waals surface area (Å²) in [6.45, 7) is 7.61. The van der Waals surface area contributed by atoms with Crippen LogP contribution in [0.1, 0.15) is 45.1 Å². The lowest BCUT2D eigenvalue weighted by Gasteiger charge is -2.37. The Morgan fingerprint density at radius 1 is 1.19 bits per heavy atom. The molecule has 0 saturated carbocycles. The van der Waals surface area contributed by atoms with Crippen LogP contribution in [0.25, 0.3) is 0 Å². The largest absolute Gasteiger partial charge is 0.496 e. The lowest BCUT2D eigenvalue weighted by atomic mass is 9.81. The summed E-state index contributed by atoms with van der Waals surface area (Å²) in [4.78, 5) is 3.63. The summed E-state index contributed by atoms with van der Waals surface area (Å²) < 4.78 is 19.1. The molecule has 0 fully saturated rings. The molecule has 3 rings (SSSR count). The number of thioether (sulfide) groups is 1. The summed E-state index contributed by atoms with van der Waals surface area (Å²) in [6, 6.07) is 11.3. The van der Waals surface area contributed by atoms with Crippen LogP contribution < -0.4 is 9.64 Å². The van der Waals surface area contributed by atoms with Gasteiger partial charge in [-0.1, -0.05) is 26.7 Å². The highest BCUT2D eigenvalue weighted by Gasteiger charge is 2.35. The number of hydrogen-bond acceptors (Lipinski definition) is 3. The van der Waals surface area contributed by atoms with Gasteiger partial charge in [-0.15, -0.1) is 11.8 Å². The average Bonchev–Trinajstić information content (AvgIpc) is 2.84. The van der Waals surface area contributed by atoms with Crippen LogP contribution in [-0.2, 0) is 0 Å². The lowest BCUT2D eigenvalue weighted by Crippen LogP contribution is -2.36. The maximum Gasteiger partial charge on any atom is 0.123 e. The van der Waals surface area contributed by atoms with E-state index in [1.54, 1.807) is 19.2 Å². The topological polar surface area (TPSA) is 12.5 Å². The molecule has 2 aromatic carbocycles. The number of halogens is 1. The van der Waals surface area contributed by atoms with Gasteiger partial charge >= 0.3 is 0 Å². The van der Waals surface area contributed by atoms with Crippen LogP contribution in [0.4, 0.5) is 15.8 Å². The first-order chi connectivity index (χ1) is 13.0. The fourth-order valence-electron chi connectivity index (χ4n) is 3.84. The summed E-state index contributed by atoms with van der Waals surface area (Å²) in [5.74, 6) is 1.83. The molecule has 1 heterocycles. The molecular formula is C23H30FNOS. The minimum atomic E-state index is -0.193. The number of anilines is 2. The van der Waals surface area contributed by atoms with Crippen molar-refractivity contribution in [2.45, 2.75) is 51.3 Å². The number of methoxy groups -OCH3 is 1. The predicted octanol–water partition coefficient (Wildman–Crippen LogP) is 6.97. The number of hydrogen-bond donors (Lipinski definition) is 0. The van der Waals surface area contributed by atoms with Gasteiger partial charge in [0, 0.05) is 22.9 Å². The van der Waals surface area contributed by atoms with E-state index < -0.39 is 0 Å². The smallest absolute Gasteiger partial charge is 0.123 e. The fourth-order valence-corrected chi connectivity index (χ4v) is 5.25. The molecule has 1 aliphatic heterocycles. The zero-order valence-corrected chi connectivity index (χ0v) is 17.7. The number of aryl methyl sites for hydroxylation is 1. The SMILES string of the molecule is CCCCC1(CC)CSc2cc(OC)c(C)cc2N(c2ccc(F)cc2)C1. The van der Waals surface area contributed by atoms with Crippen LogP contribution in [0.3, 0.4) is 0 Å². The lowest BCUT2D eigenvalue weighted by molar-refractivity contribution is 0.295. The number of unbranched alkanes of at least 4 members (excludes halogenated alkanes) is 1. The zero-order chi connectivity index (χ0) is 19.4. The van der Waals surface area contributed by atoms with Gasteiger partial charge in [-0.2, -0.15) is 0 Å². The van der Waals surface area contributed by atoms with E-state index in [4.69, 9.17) is 4.74 Å². The molecule has 0 saturated heterocycles. The Bertz CT molecular complexity index is 777. The third kappa shape index (κ3) is 4.26. The highest BCUT2D eigenvalue weighted by Crippen LogP contribution is 2.48. The van der Waals surface area contributed by atoms with E-state index in [0.29, 0.717) is 0 Å². The Kier molecular flexibility index (Phi) is 6.36. The maximum absolute atomic E-state index is 13.5. The average molecular weight is 388 g/mol. The number of benzene rings is 2. The van der Waals surface area contributed by atoms with Crippen LogP contribution in [0.5, 0.6) is 5.75 Å². The first-order valence-corrected chi connectivity index (χ1v) is 10.8. The van der Waals surface area contributed by atoms with Gasteiger partial charge < -0.3 is 9.64 Å². The number of fused-ring (bicyclic) bond motifs is 1. The normalized spacial score (nSPS) is 19.5. The number of nitrogens with zero attached hydrogens (tertiary/aromatic N) is 1. The molecule has 1 atom stereocenters. The van der Waals surface area contributed by atoms with Gasteiger partial charge in [0.15, 0.2) is 0 Å². The number of ether oxygens (including phenoxy) is 1. The summed E-state index contributed by atoms with van der Waals surface area (Å²) in [7, 11) is 1.73. The van der Waals surface area contributed by atoms with E-state index in [0.717, 1.165) is 35.7 Å². The summed E-state index contributed by atoms with van der Waals surface area (Å²) in [5, 5.41) is 0. The van der Waals surface area contributed by atoms with Gasteiger partial charge in [0.05, 0.1) is 12.8 Å². The molecule has 2 aromatic rings. The highest BCUT2D eigenvalue weighted by atomic mass is 32.2. The Morgan fingerprint density at radius 2 is 1.93 bits per heavy atom. The van der Waals surface area contributed by atoms with Gasteiger partial charge in [0.25, 0.3) is 0 Å². The van der Waals surface area contributed by atoms with Crippen molar-refractivity contribution >= 4 is 23.1 Å². The van der Waals surface area contributed by atoms with E-state index in [9.17, 15) is 4.39 Å². The van der Waals surface area contributed by atoms with Gasteiger partial charge in [0.2, 0.25) is 0 Å². The van der Waals surface area contributed by atoms with Crippen molar-refractivity contribution in [3.8, 4) is 5.75 Å². The van der Waals surface area contributed by atoms with Gasteiger partial charge in [-0.3, -0.25) is 0 Å². The second-order valence-corrected chi connectivity index (χ2v) is 8.62. The van der Waals surface area contributed by atoms with E-state index >= 15 is 0 Å². The Morgan fingerprint density at radius 3 is 2.56 bits per heavy atom. The molecule has 0 spiro atoms. The molecule has 0 aromatic heterocycles. The van der Waals surface area contributed by atoms with E-state index in [-0.39, 0.29) is 11.2 Å². The monoisotopic (exact) mass is 387 g/mol. The van der Waals surface area contributed by atoms with Crippen molar-refractivity contribution < 1.29 is 9.13 Å². The molecule has 1 aliphatic rings. The quantitative estimate of drug-likeness (QED) is 0.531. The van der Waals surface area contributed by atoms with Crippen LogP contribution in [-0.4, -0.2) is 19.4 Å². The second kappa shape index (κ2) is 8.55. The molecular weight excluding hydrogens is 357 g/mol. The van der Waals surface area contributed by atoms with Crippen molar-refractivity contribution in [3.05, 3.63) is 47.8 Å². The van der Waals surface area contributed by atoms with Crippen molar-refractivity contribution in [2.75, 3.05) is 24.3 Å². The minimum absolute atomic E-state index is 0.193. The molecule has 2 nitrogen and oxygen atoms in total. The minimum Gasteiger partial charge on any atom is -0.496 e. The summed E-state index contributed by atoms with van der Waals surface area (Å²) >= 11 is 1.94. The van der Waals surface area contributed by atoms with Gasteiger partial charge in [-0.05, 0) is 67.1 Å². The molecule has 0 bridgehead atoms. The summed E-state index contributed by atoms with van der Waals surface area (Å²) in [5.41, 5.74) is 3.63. The second-order valence-electron chi connectivity index (χ2n) is 7.60. The third-order valence-electron chi connectivity index (χ3n) is 5.74. The first-order valence-electron chi connectivity index (χ1n) is 9.86. The fraction of sp³-hybridized carbons (Fsp3) is 0.478. The molecule has 0 N–H and O–H groups in total. The molecule has 4 heteroatoms. The Balaban J connectivity index is 2.09. The molecule has 0 radical (unpaired) electrons. The third-order valence-corrected chi connectivity index (χ3v) is 7.14. The van der Waals surface area contributed by atoms with Crippen molar-refractivity contribution in [3.63, 3.8) is 0 Å². The van der Waals surface area contributed by atoms with Gasteiger partial charge in [-0.25, -0.2) is 4.39 Å². The van der Waals surface area contributed by atoms with Crippen LogP contribution in [0.15, 0.2) is 41.3 Å². The molecule has 0 amide bonds. The van der Waals surface area contributed by atoms with Gasteiger partial charge in [0.1, 0.15) is 11.6 Å². The summed E-state index contributed by atoms with van der Waals surface area (Å²) in [6.07, 6.45) is 4.81. The highest BCUT2D eigenvalue weighted by molar-refractivity contribution is 7.99.